The highest BCUT2D eigenvalue weighted by Crippen LogP contribution is 2.20. The number of hydrogen-bond acceptors (Lipinski definition) is 5. The fourth-order valence-corrected chi connectivity index (χ4v) is 2.78. The molecule has 0 saturated carbocycles. The number of aromatic nitrogens is 2. The molecular formula is C18H22N4O2. The van der Waals surface area contributed by atoms with Crippen molar-refractivity contribution in [1.82, 2.24) is 20.4 Å². The number of rotatable bonds is 4. The summed E-state index contributed by atoms with van der Waals surface area (Å²) in [6, 6.07) is 9.28. The lowest BCUT2D eigenvalue weighted by Gasteiger charge is -2.20. The number of nitrogens with zero attached hydrogens (tertiary/aromatic N) is 3. The Kier molecular flexibility index (Phi) is 5.38. The summed E-state index contributed by atoms with van der Waals surface area (Å²) in [5, 5.41) is 1.99. The molecule has 6 nitrogen and oxygen atoms in total. The van der Waals surface area contributed by atoms with Gasteiger partial charge in [0.1, 0.15) is 17.8 Å². The SMILES string of the molecule is COc1ccc(-c2cc(C(=O)NN3CCCCCC3)ncn2)cc1. The van der Waals surface area contributed by atoms with E-state index in [-0.39, 0.29) is 5.91 Å². The minimum Gasteiger partial charge on any atom is -0.497 e. The summed E-state index contributed by atoms with van der Waals surface area (Å²) in [6.45, 7) is 1.78. The largest absolute Gasteiger partial charge is 0.497 e. The first-order valence-electron chi connectivity index (χ1n) is 8.28. The summed E-state index contributed by atoms with van der Waals surface area (Å²) in [5.74, 6) is 0.598. The van der Waals surface area contributed by atoms with Gasteiger partial charge in [-0.15, -0.1) is 0 Å². The van der Waals surface area contributed by atoms with Gasteiger partial charge >= 0.3 is 0 Å². The second-order valence-corrected chi connectivity index (χ2v) is 5.86. The molecular weight excluding hydrogens is 304 g/mol. The Morgan fingerprint density at radius 1 is 1.08 bits per heavy atom. The number of methoxy groups -OCH3 is 1. The van der Waals surface area contributed by atoms with Crippen molar-refractivity contribution >= 4 is 5.91 Å². The van der Waals surface area contributed by atoms with Gasteiger partial charge in [-0.05, 0) is 43.2 Å². The maximum absolute atomic E-state index is 12.4. The maximum Gasteiger partial charge on any atom is 0.284 e. The third-order valence-corrected chi connectivity index (χ3v) is 4.15. The Morgan fingerprint density at radius 3 is 2.46 bits per heavy atom. The van der Waals surface area contributed by atoms with E-state index in [1.54, 1.807) is 13.2 Å². The molecule has 1 aromatic carbocycles. The average molecular weight is 326 g/mol. The van der Waals surface area contributed by atoms with Crippen molar-refractivity contribution in [2.45, 2.75) is 25.7 Å². The lowest BCUT2D eigenvalue weighted by Crippen LogP contribution is -2.43. The molecule has 0 atom stereocenters. The van der Waals surface area contributed by atoms with Gasteiger partial charge in [0.15, 0.2) is 0 Å². The van der Waals surface area contributed by atoms with Crippen LogP contribution < -0.4 is 10.2 Å². The van der Waals surface area contributed by atoms with Gasteiger partial charge < -0.3 is 4.74 Å². The number of hydrazine groups is 1. The molecule has 24 heavy (non-hydrogen) atoms. The first kappa shape index (κ1) is 16.4. The van der Waals surface area contributed by atoms with Crippen LogP contribution >= 0.6 is 0 Å². The molecule has 1 fully saturated rings. The van der Waals surface area contributed by atoms with Crippen LogP contribution in [0.15, 0.2) is 36.7 Å². The number of benzene rings is 1. The van der Waals surface area contributed by atoms with Gasteiger partial charge in [0.05, 0.1) is 12.8 Å². The van der Waals surface area contributed by atoms with Gasteiger partial charge in [0, 0.05) is 18.7 Å². The zero-order chi connectivity index (χ0) is 16.8. The minimum atomic E-state index is -0.186. The zero-order valence-electron chi connectivity index (χ0n) is 13.9. The quantitative estimate of drug-likeness (QED) is 0.935. The van der Waals surface area contributed by atoms with E-state index in [0.29, 0.717) is 11.4 Å². The van der Waals surface area contributed by atoms with Crippen molar-refractivity contribution in [3.05, 3.63) is 42.4 Å². The molecule has 0 spiro atoms. The first-order valence-corrected chi connectivity index (χ1v) is 8.28. The molecule has 1 N–H and O–H groups in total. The van der Waals surface area contributed by atoms with Crippen molar-refractivity contribution in [3.8, 4) is 17.0 Å². The highest BCUT2D eigenvalue weighted by molar-refractivity contribution is 5.92. The third-order valence-electron chi connectivity index (χ3n) is 4.15. The molecule has 6 heteroatoms. The van der Waals surface area contributed by atoms with Gasteiger partial charge in [-0.3, -0.25) is 10.2 Å². The zero-order valence-corrected chi connectivity index (χ0v) is 13.9. The molecule has 2 heterocycles. The summed E-state index contributed by atoms with van der Waals surface area (Å²) in [7, 11) is 1.63. The fourth-order valence-electron chi connectivity index (χ4n) is 2.78. The smallest absolute Gasteiger partial charge is 0.284 e. The Hall–Kier alpha value is -2.47. The number of nitrogens with one attached hydrogen (secondary N) is 1. The first-order chi connectivity index (χ1) is 11.8. The van der Waals surface area contributed by atoms with E-state index in [1.165, 1.54) is 19.2 Å². The Morgan fingerprint density at radius 2 is 1.79 bits per heavy atom. The van der Waals surface area contributed by atoms with Crippen molar-refractivity contribution in [3.63, 3.8) is 0 Å². The number of amides is 1. The standard InChI is InChI=1S/C18H22N4O2/c1-24-15-8-6-14(7-9-15)16-12-17(20-13-19-16)18(23)21-22-10-4-2-3-5-11-22/h6-9,12-13H,2-5,10-11H2,1H3,(H,21,23). The number of carbonyl (C=O) groups excluding carboxylic acids is 1. The van der Waals surface area contributed by atoms with E-state index in [2.05, 4.69) is 15.4 Å². The number of ether oxygens (including phenoxy) is 1. The second-order valence-electron chi connectivity index (χ2n) is 5.86. The van der Waals surface area contributed by atoms with Crippen LogP contribution in [0, 0.1) is 0 Å². The van der Waals surface area contributed by atoms with E-state index >= 15 is 0 Å². The summed E-state index contributed by atoms with van der Waals surface area (Å²) in [4.78, 5) is 20.8. The molecule has 3 rings (SSSR count). The van der Waals surface area contributed by atoms with E-state index < -0.39 is 0 Å². The number of hydrogen-bond donors (Lipinski definition) is 1. The second kappa shape index (κ2) is 7.88. The van der Waals surface area contributed by atoms with Crippen LogP contribution in [0.25, 0.3) is 11.3 Å². The van der Waals surface area contributed by atoms with E-state index in [0.717, 1.165) is 37.2 Å². The van der Waals surface area contributed by atoms with Crippen LogP contribution in [0.5, 0.6) is 5.75 Å². The lowest BCUT2D eigenvalue weighted by molar-refractivity contribution is 0.0789. The maximum atomic E-state index is 12.4. The van der Waals surface area contributed by atoms with Gasteiger partial charge in [-0.25, -0.2) is 15.0 Å². The fraction of sp³-hybridized carbons (Fsp3) is 0.389. The highest BCUT2D eigenvalue weighted by Gasteiger charge is 2.15. The predicted octanol–water partition coefficient (Wildman–Crippen LogP) is 2.67. The van der Waals surface area contributed by atoms with Crippen LogP contribution in [0.4, 0.5) is 0 Å². The predicted molar refractivity (Wildman–Crippen MR) is 91.5 cm³/mol. The molecule has 0 aliphatic carbocycles. The summed E-state index contributed by atoms with van der Waals surface area (Å²) in [5.41, 5.74) is 4.97. The molecule has 2 aromatic rings. The van der Waals surface area contributed by atoms with E-state index in [1.807, 2.05) is 29.3 Å². The Bertz CT molecular complexity index is 680. The van der Waals surface area contributed by atoms with Gasteiger partial charge in [0.2, 0.25) is 0 Å². The van der Waals surface area contributed by atoms with Gasteiger partial charge in [-0.2, -0.15) is 0 Å². The summed E-state index contributed by atoms with van der Waals surface area (Å²) in [6.07, 6.45) is 6.10. The molecule has 0 bridgehead atoms. The van der Waals surface area contributed by atoms with Crippen LogP contribution in [0.3, 0.4) is 0 Å². The summed E-state index contributed by atoms with van der Waals surface area (Å²) < 4.78 is 5.16. The monoisotopic (exact) mass is 326 g/mol. The Balaban J connectivity index is 1.72. The molecule has 1 amide bonds. The van der Waals surface area contributed by atoms with Crippen molar-refractivity contribution in [2.75, 3.05) is 20.2 Å². The van der Waals surface area contributed by atoms with Crippen molar-refractivity contribution in [2.24, 2.45) is 0 Å². The van der Waals surface area contributed by atoms with Gasteiger partial charge in [-0.1, -0.05) is 12.8 Å². The number of carbonyl (C=O) groups is 1. The normalized spacial score (nSPS) is 15.5. The van der Waals surface area contributed by atoms with Crippen LogP contribution in [0.2, 0.25) is 0 Å². The third kappa shape index (κ3) is 4.08. The molecule has 1 aliphatic heterocycles. The van der Waals surface area contributed by atoms with E-state index in [4.69, 9.17) is 4.74 Å². The Labute approximate surface area is 141 Å². The van der Waals surface area contributed by atoms with Gasteiger partial charge in [0.25, 0.3) is 5.91 Å². The topological polar surface area (TPSA) is 67.3 Å². The van der Waals surface area contributed by atoms with Crippen molar-refractivity contribution < 1.29 is 9.53 Å². The van der Waals surface area contributed by atoms with Crippen LogP contribution in [0.1, 0.15) is 36.2 Å². The summed E-state index contributed by atoms with van der Waals surface area (Å²) >= 11 is 0. The van der Waals surface area contributed by atoms with Crippen LogP contribution in [-0.4, -0.2) is 41.1 Å². The van der Waals surface area contributed by atoms with Crippen molar-refractivity contribution in [1.29, 1.82) is 0 Å². The molecule has 1 aliphatic rings. The van der Waals surface area contributed by atoms with E-state index in [9.17, 15) is 4.79 Å². The molecule has 1 aromatic heterocycles. The minimum absolute atomic E-state index is 0.186. The molecule has 0 radical (unpaired) electrons. The molecule has 126 valence electrons. The average Bonchev–Trinajstić information content (AvgIpc) is 2.90. The lowest BCUT2D eigenvalue weighted by atomic mass is 10.1. The highest BCUT2D eigenvalue weighted by atomic mass is 16.5. The molecule has 0 unspecified atom stereocenters. The molecule has 1 saturated heterocycles. The van der Waals surface area contributed by atoms with Crippen LogP contribution in [-0.2, 0) is 0 Å².